The molecule has 9 heteroatoms. The lowest BCUT2D eigenvalue weighted by Gasteiger charge is -2.42. The molecule has 0 saturated carbocycles. The first-order chi connectivity index (χ1) is 18.1. The van der Waals surface area contributed by atoms with Gasteiger partial charge in [0.25, 0.3) is 0 Å². The molecule has 3 aromatic rings. The highest BCUT2D eigenvalue weighted by Gasteiger charge is 2.37. The fourth-order valence-electron chi connectivity index (χ4n) is 5.05. The Kier molecular flexibility index (Phi) is 8.91. The zero-order chi connectivity index (χ0) is 27.3. The molecule has 1 aliphatic rings. The van der Waals surface area contributed by atoms with Crippen molar-refractivity contribution in [3.05, 3.63) is 87.9 Å². The number of hydrogen-bond acceptors (Lipinski definition) is 2. The fourth-order valence-corrected chi connectivity index (χ4v) is 5.41. The van der Waals surface area contributed by atoms with Gasteiger partial charge in [0.15, 0.2) is 0 Å². The number of piperidine rings is 1. The van der Waals surface area contributed by atoms with Crippen molar-refractivity contribution in [2.45, 2.75) is 37.8 Å². The summed E-state index contributed by atoms with van der Waals surface area (Å²) in [4.78, 5) is 15.2. The van der Waals surface area contributed by atoms with E-state index in [1.54, 1.807) is 0 Å². The van der Waals surface area contributed by atoms with Crippen LogP contribution in [0.2, 0.25) is 10.0 Å². The van der Waals surface area contributed by atoms with Gasteiger partial charge in [-0.15, -0.1) is 0 Å². The molecule has 0 spiro atoms. The number of nitrogens with one attached hydrogen (secondary N) is 2. The number of amides is 2. The lowest BCUT2D eigenvalue weighted by molar-refractivity contribution is -0.136. The van der Waals surface area contributed by atoms with Crippen molar-refractivity contribution in [1.29, 1.82) is 0 Å². The highest BCUT2D eigenvalue weighted by molar-refractivity contribution is 6.31. The van der Waals surface area contributed by atoms with E-state index in [4.69, 9.17) is 23.2 Å². The molecule has 38 heavy (non-hydrogen) atoms. The second kappa shape index (κ2) is 12.0. The molecule has 0 aromatic heterocycles. The predicted octanol–water partition coefficient (Wildman–Crippen LogP) is 8.24. The molecular formula is C29H30Cl2F3N3O. The maximum Gasteiger partial charge on any atom is 0.418 e. The van der Waals surface area contributed by atoms with E-state index in [1.165, 1.54) is 6.07 Å². The summed E-state index contributed by atoms with van der Waals surface area (Å²) < 4.78 is 40.4. The van der Waals surface area contributed by atoms with Crippen molar-refractivity contribution >= 4 is 34.9 Å². The van der Waals surface area contributed by atoms with Gasteiger partial charge < -0.3 is 15.5 Å². The lowest BCUT2D eigenvalue weighted by Crippen LogP contribution is -2.49. The molecule has 1 aliphatic heterocycles. The van der Waals surface area contributed by atoms with Crippen LogP contribution in [-0.2, 0) is 11.6 Å². The molecule has 3 aromatic carbocycles. The Bertz CT molecular complexity index is 1260. The third-order valence-electron chi connectivity index (χ3n) is 7.13. The maximum absolute atomic E-state index is 13.5. The van der Waals surface area contributed by atoms with Crippen LogP contribution in [0, 0.1) is 0 Å². The van der Waals surface area contributed by atoms with Crippen molar-refractivity contribution in [3.8, 4) is 11.1 Å². The summed E-state index contributed by atoms with van der Waals surface area (Å²) >= 11 is 11.9. The average molecular weight is 564 g/mol. The zero-order valence-corrected chi connectivity index (χ0v) is 22.6. The number of alkyl halides is 3. The van der Waals surface area contributed by atoms with Crippen LogP contribution >= 0.6 is 23.2 Å². The smallest absolute Gasteiger partial charge is 0.337 e. The molecule has 202 valence electrons. The summed E-state index contributed by atoms with van der Waals surface area (Å²) in [6, 6.07) is 18.5. The van der Waals surface area contributed by atoms with Gasteiger partial charge in [0, 0.05) is 22.0 Å². The highest BCUT2D eigenvalue weighted by Crippen LogP contribution is 2.38. The number of carbonyl (C=O) groups excluding carboxylic acids is 1. The van der Waals surface area contributed by atoms with Crippen LogP contribution < -0.4 is 10.6 Å². The van der Waals surface area contributed by atoms with Gasteiger partial charge >= 0.3 is 12.2 Å². The molecule has 1 saturated heterocycles. The maximum atomic E-state index is 13.5. The zero-order valence-electron chi connectivity index (χ0n) is 21.0. The van der Waals surface area contributed by atoms with Crippen LogP contribution in [0.25, 0.3) is 11.1 Å². The van der Waals surface area contributed by atoms with Gasteiger partial charge in [0.2, 0.25) is 0 Å². The Balaban J connectivity index is 1.53. The van der Waals surface area contributed by atoms with Crippen molar-refractivity contribution in [2.24, 2.45) is 0 Å². The quantitative estimate of drug-likeness (QED) is 0.304. The first kappa shape index (κ1) is 28.3. The average Bonchev–Trinajstić information content (AvgIpc) is 2.89. The van der Waals surface area contributed by atoms with Crippen LogP contribution in [-0.4, -0.2) is 37.1 Å². The Morgan fingerprint density at radius 3 is 2.26 bits per heavy atom. The van der Waals surface area contributed by atoms with E-state index in [0.717, 1.165) is 67.7 Å². The van der Waals surface area contributed by atoms with Crippen molar-refractivity contribution in [1.82, 2.24) is 10.2 Å². The van der Waals surface area contributed by atoms with E-state index in [2.05, 4.69) is 34.6 Å². The highest BCUT2D eigenvalue weighted by atomic mass is 35.5. The van der Waals surface area contributed by atoms with Crippen LogP contribution in [0.3, 0.4) is 0 Å². The number of carbonyl (C=O) groups is 1. The van der Waals surface area contributed by atoms with Gasteiger partial charge in [-0.05, 0) is 85.9 Å². The summed E-state index contributed by atoms with van der Waals surface area (Å²) in [6.45, 7) is 5.21. The Morgan fingerprint density at radius 1 is 0.947 bits per heavy atom. The second-order valence-electron chi connectivity index (χ2n) is 9.71. The minimum Gasteiger partial charge on any atom is -0.337 e. The number of nitrogens with zero attached hydrogens (tertiary/aromatic N) is 1. The summed E-state index contributed by atoms with van der Waals surface area (Å²) in [7, 11) is 0. The first-order valence-corrected chi connectivity index (χ1v) is 13.4. The van der Waals surface area contributed by atoms with Gasteiger partial charge in [-0.25, -0.2) is 4.79 Å². The molecular weight excluding hydrogens is 534 g/mol. The molecule has 2 amide bonds. The summed E-state index contributed by atoms with van der Waals surface area (Å²) in [6.07, 6.45) is -1.95. The van der Waals surface area contributed by atoms with Crippen molar-refractivity contribution in [3.63, 3.8) is 0 Å². The van der Waals surface area contributed by atoms with E-state index < -0.39 is 17.8 Å². The molecule has 0 aliphatic carbocycles. The van der Waals surface area contributed by atoms with Crippen LogP contribution in [0.5, 0.6) is 0 Å². The fraction of sp³-hybridized carbons (Fsp3) is 0.345. The van der Waals surface area contributed by atoms with E-state index in [1.807, 2.05) is 36.4 Å². The molecule has 0 unspecified atom stereocenters. The summed E-state index contributed by atoms with van der Waals surface area (Å²) in [5, 5.41) is 5.82. The van der Waals surface area contributed by atoms with Crippen molar-refractivity contribution < 1.29 is 18.0 Å². The molecule has 1 heterocycles. The number of halogens is 5. The minimum absolute atomic E-state index is 0.0534. The number of urea groups is 1. The topological polar surface area (TPSA) is 44.4 Å². The molecule has 2 N–H and O–H groups in total. The van der Waals surface area contributed by atoms with Gasteiger partial charge in [-0.2, -0.15) is 13.2 Å². The van der Waals surface area contributed by atoms with E-state index in [-0.39, 0.29) is 16.1 Å². The van der Waals surface area contributed by atoms with E-state index in [9.17, 15) is 18.0 Å². The van der Waals surface area contributed by atoms with Gasteiger partial charge in [-0.1, -0.05) is 66.5 Å². The van der Waals surface area contributed by atoms with Crippen LogP contribution in [0.1, 0.15) is 37.3 Å². The molecule has 4 rings (SSSR count). The number of benzene rings is 3. The third kappa shape index (κ3) is 6.82. The Morgan fingerprint density at radius 2 is 1.63 bits per heavy atom. The standard InChI is InChI=1S/C29H30Cl2F3N3O/c1-2-14-37-15-12-28(13-16-37,22-8-6-20(7-9-22)21-4-3-5-23(30)17-21)19-35-27(38)36-26-11-10-24(31)18-25(26)29(32,33)34/h3-11,17-18H,2,12-16,19H2,1H3,(H2,35,36,38). The molecule has 1 fully saturated rings. The summed E-state index contributed by atoms with van der Waals surface area (Å²) in [5.74, 6) is 0. The first-order valence-electron chi connectivity index (χ1n) is 12.6. The monoisotopic (exact) mass is 563 g/mol. The van der Waals surface area contributed by atoms with Crippen LogP contribution in [0.15, 0.2) is 66.7 Å². The third-order valence-corrected chi connectivity index (χ3v) is 7.60. The molecule has 0 atom stereocenters. The molecule has 0 bridgehead atoms. The summed E-state index contributed by atoms with van der Waals surface area (Å²) in [5.41, 5.74) is 1.46. The SMILES string of the molecule is CCCN1CCC(CNC(=O)Nc2ccc(Cl)cc2C(F)(F)F)(c2ccc(-c3cccc(Cl)c3)cc2)CC1. The Labute approximate surface area is 231 Å². The second-order valence-corrected chi connectivity index (χ2v) is 10.6. The van der Waals surface area contributed by atoms with Crippen molar-refractivity contribution in [2.75, 3.05) is 31.5 Å². The molecule has 0 radical (unpaired) electrons. The normalized spacial score (nSPS) is 15.7. The number of anilines is 1. The largest absolute Gasteiger partial charge is 0.418 e. The number of likely N-dealkylation sites (tertiary alicyclic amines) is 1. The van der Waals surface area contributed by atoms with E-state index in [0.29, 0.717) is 11.6 Å². The number of hydrogen-bond donors (Lipinski definition) is 2. The predicted molar refractivity (Wildman–Crippen MR) is 148 cm³/mol. The number of rotatable bonds is 7. The molecule has 4 nitrogen and oxygen atoms in total. The van der Waals surface area contributed by atoms with E-state index >= 15 is 0 Å². The van der Waals surface area contributed by atoms with Gasteiger partial charge in [0.1, 0.15) is 0 Å². The minimum atomic E-state index is -4.65. The Hall–Kier alpha value is -2.74. The van der Waals surface area contributed by atoms with Gasteiger partial charge in [-0.3, -0.25) is 0 Å². The lowest BCUT2D eigenvalue weighted by atomic mass is 9.72. The van der Waals surface area contributed by atoms with Gasteiger partial charge in [0.05, 0.1) is 11.3 Å². The van der Waals surface area contributed by atoms with Crippen LogP contribution in [0.4, 0.5) is 23.7 Å².